The predicted octanol–water partition coefficient (Wildman–Crippen LogP) is 6.68. The zero-order valence-electron chi connectivity index (χ0n) is 25.3. The van der Waals surface area contributed by atoms with Crippen LogP contribution in [-0.2, 0) is 31.4 Å². The molecule has 0 aromatic heterocycles. The topological polar surface area (TPSA) is 113 Å². The summed E-state index contributed by atoms with van der Waals surface area (Å²) in [5.74, 6) is -2.20. The van der Waals surface area contributed by atoms with Crippen molar-refractivity contribution in [3.05, 3.63) is 83.2 Å². The monoisotopic (exact) mass is 690 g/mol. The molecule has 0 saturated heterocycles. The number of aliphatic hydroxyl groups is 1. The van der Waals surface area contributed by atoms with Gasteiger partial charge in [0.05, 0.1) is 4.90 Å². The Morgan fingerprint density at radius 3 is 2.02 bits per heavy atom. The maximum atomic E-state index is 14.9. The lowest BCUT2D eigenvalue weighted by molar-refractivity contribution is -0.376. The van der Waals surface area contributed by atoms with Crippen LogP contribution in [0.15, 0.2) is 65.6 Å². The van der Waals surface area contributed by atoms with E-state index >= 15 is 0 Å². The molecule has 3 aromatic rings. The minimum atomic E-state index is -6.19. The van der Waals surface area contributed by atoms with Crippen molar-refractivity contribution in [2.45, 2.75) is 61.7 Å². The maximum absolute atomic E-state index is 14.9. The standard InChI is InChI=1S/C31H29F7N2O6S/c1-28(2,3)46-27(42)40-14-13-18-15-21(47(4,44)45)10-12-23(18)25(40)26(41)39-20-8-5-17(6-9-20)22-11-7-19(16-24(22)32)29(43,30(33,34)35)31(36,37)38/h5-12,15-16,25,43H,13-14H2,1-4H3,(H,39,41). The Morgan fingerprint density at radius 2 is 1.51 bits per heavy atom. The van der Waals surface area contributed by atoms with Crippen molar-refractivity contribution in [2.75, 3.05) is 18.1 Å². The number of benzene rings is 3. The molecule has 2 amide bonds. The Labute approximate surface area is 265 Å². The van der Waals surface area contributed by atoms with Crippen molar-refractivity contribution in [1.29, 1.82) is 0 Å². The van der Waals surface area contributed by atoms with Crippen molar-refractivity contribution in [2.24, 2.45) is 0 Å². The highest BCUT2D eigenvalue weighted by atomic mass is 32.2. The van der Waals surface area contributed by atoms with E-state index in [-0.39, 0.29) is 35.2 Å². The number of hydrogen-bond acceptors (Lipinski definition) is 6. The number of carbonyl (C=O) groups excluding carboxylic acids is 2. The van der Waals surface area contributed by atoms with E-state index < -0.39 is 68.4 Å². The van der Waals surface area contributed by atoms with Gasteiger partial charge < -0.3 is 15.2 Å². The van der Waals surface area contributed by atoms with Crippen LogP contribution in [0, 0.1) is 5.82 Å². The number of anilines is 1. The van der Waals surface area contributed by atoms with E-state index in [1.165, 1.54) is 47.4 Å². The van der Waals surface area contributed by atoms with Gasteiger partial charge in [0.25, 0.3) is 11.5 Å². The van der Waals surface area contributed by atoms with Crippen molar-refractivity contribution in [3.63, 3.8) is 0 Å². The molecule has 1 atom stereocenters. The number of nitrogens with zero attached hydrogens (tertiary/aromatic N) is 1. The Bertz CT molecular complexity index is 1790. The fraction of sp³-hybridized carbons (Fsp3) is 0.355. The van der Waals surface area contributed by atoms with Crippen LogP contribution in [0.4, 0.5) is 41.2 Å². The Kier molecular flexibility index (Phi) is 9.20. The molecule has 0 bridgehead atoms. The quantitative estimate of drug-likeness (QED) is 0.289. The molecule has 1 aliphatic rings. The number of nitrogens with one attached hydrogen (secondary N) is 1. The van der Waals surface area contributed by atoms with Crippen LogP contribution < -0.4 is 5.32 Å². The summed E-state index contributed by atoms with van der Waals surface area (Å²) in [4.78, 5) is 28.0. The molecule has 0 radical (unpaired) electrons. The molecular formula is C31H29F7N2O6S. The van der Waals surface area contributed by atoms with Crippen LogP contribution in [0.5, 0.6) is 0 Å². The fourth-order valence-electron chi connectivity index (χ4n) is 5.04. The van der Waals surface area contributed by atoms with E-state index in [0.717, 1.165) is 6.26 Å². The summed E-state index contributed by atoms with van der Waals surface area (Å²) in [7, 11) is -3.57. The van der Waals surface area contributed by atoms with Crippen molar-refractivity contribution in [1.82, 2.24) is 4.90 Å². The molecule has 1 aliphatic heterocycles. The van der Waals surface area contributed by atoms with Gasteiger partial charge in [0.1, 0.15) is 17.5 Å². The van der Waals surface area contributed by atoms with Crippen molar-refractivity contribution >= 4 is 27.5 Å². The third kappa shape index (κ3) is 7.22. The highest BCUT2D eigenvalue weighted by molar-refractivity contribution is 7.90. The van der Waals surface area contributed by atoms with E-state index in [9.17, 15) is 53.8 Å². The molecule has 1 heterocycles. The van der Waals surface area contributed by atoms with Gasteiger partial charge in [-0.1, -0.05) is 30.3 Å². The Morgan fingerprint density at radius 1 is 0.915 bits per heavy atom. The molecule has 3 aromatic carbocycles. The fourth-order valence-corrected chi connectivity index (χ4v) is 5.71. The summed E-state index contributed by atoms with van der Waals surface area (Å²) in [5, 5.41) is 12.2. The van der Waals surface area contributed by atoms with Crippen LogP contribution in [0.2, 0.25) is 0 Å². The minimum Gasteiger partial charge on any atom is -0.444 e. The summed E-state index contributed by atoms with van der Waals surface area (Å²) >= 11 is 0. The summed E-state index contributed by atoms with van der Waals surface area (Å²) in [6, 6.07) is 8.90. The first-order valence-electron chi connectivity index (χ1n) is 13.8. The second-order valence-electron chi connectivity index (χ2n) is 11.9. The van der Waals surface area contributed by atoms with Gasteiger partial charge in [-0.15, -0.1) is 0 Å². The molecule has 4 rings (SSSR count). The number of halogens is 7. The van der Waals surface area contributed by atoms with Crippen LogP contribution in [0.1, 0.15) is 43.5 Å². The lowest BCUT2D eigenvalue weighted by Crippen LogP contribution is -2.53. The van der Waals surface area contributed by atoms with Crippen molar-refractivity contribution in [3.8, 4) is 11.1 Å². The van der Waals surface area contributed by atoms with E-state index in [2.05, 4.69) is 5.32 Å². The second kappa shape index (κ2) is 12.1. The molecule has 16 heteroatoms. The van der Waals surface area contributed by atoms with E-state index in [0.29, 0.717) is 23.3 Å². The first-order valence-corrected chi connectivity index (χ1v) is 15.7. The molecule has 8 nitrogen and oxygen atoms in total. The Hall–Kier alpha value is -4.18. The summed E-state index contributed by atoms with van der Waals surface area (Å²) < 4.78 is 124. The van der Waals surface area contributed by atoms with Gasteiger partial charge >= 0.3 is 18.4 Å². The van der Waals surface area contributed by atoms with Crippen LogP contribution >= 0.6 is 0 Å². The summed E-state index contributed by atoms with van der Waals surface area (Å²) in [5.41, 5.74) is -7.34. The average Bonchev–Trinajstić information content (AvgIpc) is 2.93. The average molecular weight is 691 g/mol. The third-order valence-corrected chi connectivity index (χ3v) is 8.43. The molecule has 47 heavy (non-hydrogen) atoms. The number of alkyl halides is 6. The first kappa shape index (κ1) is 35.7. The Balaban J connectivity index is 1.64. The molecule has 1 unspecified atom stereocenters. The van der Waals surface area contributed by atoms with E-state index in [1.807, 2.05) is 0 Å². The largest absolute Gasteiger partial charge is 0.444 e. The van der Waals surface area contributed by atoms with Crippen LogP contribution in [-0.4, -0.2) is 61.2 Å². The second-order valence-corrected chi connectivity index (χ2v) is 13.9. The lowest BCUT2D eigenvalue weighted by atomic mass is 9.90. The minimum absolute atomic E-state index is 0.0131. The van der Waals surface area contributed by atoms with Crippen LogP contribution in [0.3, 0.4) is 0 Å². The van der Waals surface area contributed by atoms with Gasteiger partial charge in [0.2, 0.25) is 0 Å². The van der Waals surface area contributed by atoms with Gasteiger partial charge in [-0.3, -0.25) is 9.69 Å². The normalized spacial score (nSPS) is 16.0. The number of amides is 2. The van der Waals surface area contributed by atoms with E-state index in [1.54, 1.807) is 20.8 Å². The van der Waals surface area contributed by atoms with Gasteiger partial charge in [0.15, 0.2) is 9.84 Å². The number of hydrogen-bond donors (Lipinski definition) is 2. The zero-order valence-corrected chi connectivity index (χ0v) is 26.1. The first-order chi connectivity index (χ1) is 21.4. The molecule has 254 valence electrons. The van der Waals surface area contributed by atoms with Crippen LogP contribution in [0.25, 0.3) is 11.1 Å². The highest BCUT2D eigenvalue weighted by Gasteiger charge is 2.71. The number of fused-ring (bicyclic) bond motifs is 1. The zero-order chi connectivity index (χ0) is 35.3. The highest BCUT2D eigenvalue weighted by Crippen LogP contribution is 2.50. The molecule has 2 N–H and O–H groups in total. The van der Waals surface area contributed by atoms with Gasteiger partial charge in [-0.05, 0) is 74.2 Å². The lowest BCUT2D eigenvalue weighted by Gasteiger charge is -2.37. The SMILES string of the molecule is CC(C)(C)OC(=O)N1CCc2cc(S(C)(=O)=O)ccc2C1C(=O)Nc1ccc(-c2ccc(C(O)(C(F)(F)F)C(F)(F)F)cc2F)cc1. The number of sulfone groups is 1. The van der Waals surface area contributed by atoms with Gasteiger partial charge in [-0.25, -0.2) is 17.6 Å². The smallest absolute Gasteiger partial charge is 0.430 e. The number of rotatable bonds is 5. The molecule has 0 fully saturated rings. The number of carbonyl (C=O) groups is 2. The maximum Gasteiger partial charge on any atom is 0.430 e. The summed E-state index contributed by atoms with van der Waals surface area (Å²) in [6.45, 7) is 4.93. The van der Waals surface area contributed by atoms with Gasteiger partial charge in [-0.2, -0.15) is 26.3 Å². The molecular weight excluding hydrogens is 661 g/mol. The van der Waals surface area contributed by atoms with E-state index in [4.69, 9.17) is 4.74 Å². The third-order valence-electron chi connectivity index (χ3n) is 7.32. The van der Waals surface area contributed by atoms with Crippen molar-refractivity contribution < 1.29 is 58.6 Å². The molecule has 0 saturated carbocycles. The predicted molar refractivity (Wildman–Crippen MR) is 155 cm³/mol. The molecule has 0 aliphatic carbocycles. The van der Waals surface area contributed by atoms with Gasteiger partial charge in [0, 0.05) is 29.6 Å². The molecule has 0 spiro atoms. The number of ether oxygens (including phenoxy) is 1. The summed E-state index contributed by atoms with van der Waals surface area (Å²) in [6.07, 6.45) is -11.9.